The first-order valence-corrected chi connectivity index (χ1v) is 7.52. The number of likely N-dealkylation sites (tertiary alicyclic amines) is 1. The van der Waals surface area contributed by atoms with Crippen LogP contribution in [-0.2, 0) is 16.0 Å². The van der Waals surface area contributed by atoms with Gasteiger partial charge in [0.2, 0.25) is 5.91 Å². The molecule has 21 heavy (non-hydrogen) atoms. The third-order valence-electron chi connectivity index (χ3n) is 4.64. The Morgan fingerprint density at radius 1 is 1.43 bits per heavy atom. The Bertz CT molecular complexity index is 486. The molecule has 0 bridgehead atoms. The molecule has 114 valence electrons. The molecule has 1 amide bonds. The van der Waals surface area contributed by atoms with Gasteiger partial charge < -0.3 is 10.5 Å². The molecule has 0 radical (unpaired) electrons. The van der Waals surface area contributed by atoms with Gasteiger partial charge in [-0.1, -0.05) is 0 Å². The first kappa shape index (κ1) is 14.4. The van der Waals surface area contributed by atoms with Gasteiger partial charge in [0.1, 0.15) is 0 Å². The highest BCUT2D eigenvalue weighted by Crippen LogP contribution is 2.42. The number of hydrogen-bond acceptors (Lipinski definition) is 5. The molecular formula is C15H22N4O2. The standard InChI is InChI=1S/C15H22N4O2/c16-14(20)10-19-5-1-15(2-6-19)8-13(21-11-15)7-12-9-17-3-4-18-12/h3-4,9,13H,1-2,5-8,10-11H2,(H2,16,20)/t13-/m1/s1. The average molecular weight is 290 g/mol. The van der Waals surface area contributed by atoms with Crippen molar-refractivity contribution in [3.8, 4) is 0 Å². The van der Waals surface area contributed by atoms with Crippen molar-refractivity contribution in [1.29, 1.82) is 0 Å². The molecule has 3 heterocycles. The minimum Gasteiger partial charge on any atom is -0.377 e. The van der Waals surface area contributed by atoms with Crippen molar-refractivity contribution in [3.05, 3.63) is 24.3 Å². The molecule has 0 unspecified atom stereocenters. The number of carbonyl (C=O) groups excluding carboxylic acids is 1. The van der Waals surface area contributed by atoms with Crippen molar-refractivity contribution in [1.82, 2.24) is 14.9 Å². The van der Waals surface area contributed by atoms with Gasteiger partial charge in [-0.05, 0) is 37.8 Å². The molecule has 2 fully saturated rings. The normalized spacial score (nSPS) is 25.2. The Labute approximate surface area is 124 Å². The van der Waals surface area contributed by atoms with Crippen molar-refractivity contribution in [2.24, 2.45) is 11.1 Å². The summed E-state index contributed by atoms with van der Waals surface area (Å²) < 4.78 is 5.99. The van der Waals surface area contributed by atoms with Gasteiger partial charge in [0, 0.05) is 25.0 Å². The summed E-state index contributed by atoms with van der Waals surface area (Å²) in [6.07, 6.45) is 9.54. The number of rotatable bonds is 4. The maximum atomic E-state index is 11.0. The molecule has 0 aliphatic carbocycles. The van der Waals surface area contributed by atoms with E-state index in [2.05, 4.69) is 14.9 Å². The second-order valence-electron chi connectivity index (χ2n) is 6.28. The molecule has 2 aliphatic heterocycles. The van der Waals surface area contributed by atoms with E-state index >= 15 is 0 Å². The fraction of sp³-hybridized carbons (Fsp3) is 0.667. The van der Waals surface area contributed by atoms with Crippen LogP contribution in [0.5, 0.6) is 0 Å². The zero-order valence-corrected chi connectivity index (χ0v) is 12.2. The van der Waals surface area contributed by atoms with Crippen LogP contribution in [0.15, 0.2) is 18.6 Å². The summed E-state index contributed by atoms with van der Waals surface area (Å²) in [6.45, 7) is 3.07. The van der Waals surface area contributed by atoms with Crippen molar-refractivity contribution in [3.63, 3.8) is 0 Å². The second kappa shape index (κ2) is 6.07. The lowest BCUT2D eigenvalue weighted by Gasteiger charge is -2.37. The van der Waals surface area contributed by atoms with Crippen molar-refractivity contribution >= 4 is 5.91 Å². The molecule has 1 aromatic rings. The third kappa shape index (κ3) is 3.57. The number of aromatic nitrogens is 2. The number of nitrogens with zero attached hydrogens (tertiary/aromatic N) is 3. The Morgan fingerprint density at radius 2 is 2.24 bits per heavy atom. The Balaban J connectivity index is 1.52. The number of carbonyl (C=O) groups is 1. The number of nitrogens with two attached hydrogens (primary N) is 1. The quantitative estimate of drug-likeness (QED) is 0.866. The topological polar surface area (TPSA) is 81.3 Å². The zero-order valence-electron chi connectivity index (χ0n) is 12.2. The molecule has 6 nitrogen and oxygen atoms in total. The van der Waals surface area contributed by atoms with Gasteiger partial charge in [-0.2, -0.15) is 0 Å². The summed E-state index contributed by atoms with van der Waals surface area (Å²) in [5, 5.41) is 0. The highest BCUT2D eigenvalue weighted by molar-refractivity contribution is 5.75. The van der Waals surface area contributed by atoms with Crippen LogP contribution in [0, 0.1) is 5.41 Å². The fourth-order valence-corrected chi connectivity index (χ4v) is 3.45. The lowest BCUT2D eigenvalue weighted by Crippen LogP contribution is -2.44. The molecular weight excluding hydrogens is 268 g/mol. The minimum atomic E-state index is -0.242. The fourth-order valence-electron chi connectivity index (χ4n) is 3.45. The van der Waals surface area contributed by atoms with Crippen LogP contribution >= 0.6 is 0 Å². The number of amides is 1. The Morgan fingerprint density at radius 3 is 2.90 bits per heavy atom. The highest BCUT2D eigenvalue weighted by Gasteiger charge is 2.42. The van der Waals surface area contributed by atoms with E-state index in [0.29, 0.717) is 6.54 Å². The SMILES string of the molecule is NC(=O)CN1CCC2(CC1)CO[C@H](Cc1cnccn1)C2. The van der Waals surface area contributed by atoms with Crippen LogP contribution in [0.4, 0.5) is 0 Å². The van der Waals surface area contributed by atoms with Gasteiger partial charge >= 0.3 is 0 Å². The molecule has 1 spiro atoms. The highest BCUT2D eigenvalue weighted by atomic mass is 16.5. The van der Waals surface area contributed by atoms with Gasteiger partial charge in [-0.25, -0.2) is 0 Å². The van der Waals surface area contributed by atoms with Crippen molar-refractivity contribution < 1.29 is 9.53 Å². The Hall–Kier alpha value is -1.53. The monoisotopic (exact) mass is 290 g/mol. The van der Waals surface area contributed by atoms with E-state index in [-0.39, 0.29) is 17.4 Å². The smallest absolute Gasteiger partial charge is 0.231 e. The molecule has 6 heteroatoms. The molecule has 2 aliphatic rings. The van der Waals surface area contributed by atoms with Gasteiger partial charge in [0.15, 0.2) is 0 Å². The van der Waals surface area contributed by atoms with Gasteiger partial charge in [0.25, 0.3) is 0 Å². The number of piperidine rings is 1. The van der Waals surface area contributed by atoms with Crippen LogP contribution in [-0.4, -0.2) is 53.1 Å². The van der Waals surface area contributed by atoms with Gasteiger partial charge in [-0.15, -0.1) is 0 Å². The molecule has 1 atom stereocenters. The average Bonchev–Trinajstić information content (AvgIpc) is 2.85. The van der Waals surface area contributed by atoms with Crippen molar-refractivity contribution in [2.45, 2.75) is 31.8 Å². The maximum absolute atomic E-state index is 11.0. The second-order valence-corrected chi connectivity index (χ2v) is 6.28. The van der Waals surface area contributed by atoms with Crippen LogP contribution in [0.3, 0.4) is 0 Å². The summed E-state index contributed by atoms with van der Waals surface area (Å²) in [7, 11) is 0. The minimum absolute atomic E-state index is 0.240. The summed E-state index contributed by atoms with van der Waals surface area (Å²) in [4.78, 5) is 21.5. The molecule has 1 aromatic heterocycles. The predicted octanol–water partition coefficient (Wildman–Crippen LogP) is 0.376. The lowest BCUT2D eigenvalue weighted by molar-refractivity contribution is -0.119. The van der Waals surface area contributed by atoms with Gasteiger partial charge in [0.05, 0.1) is 24.9 Å². The van der Waals surface area contributed by atoms with Crippen LogP contribution < -0.4 is 5.73 Å². The number of ether oxygens (including phenoxy) is 1. The molecule has 3 rings (SSSR count). The summed E-state index contributed by atoms with van der Waals surface area (Å²) in [5.41, 5.74) is 6.53. The van der Waals surface area contributed by atoms with Crippen LogP contribution in [0.25, 0.3) is 0 Å². The largest absolute Gasteiger partial charge is 0.377 e. The van der Waals surface area contributed by atoms with Crippen molar-refractivity contribution in [2.75, 3.05) is 26.2 Å². The van der Waals surface area contributed by atoms with E-state index in [1.807, 2.05) is 6.20 Å². The van der Waals surface area contributed by atoms with E-state index in [1.165, 1.54) is 0 Å². The lowest BCUT2D eigenvalue weighted by atomic mass is 9.76. The molecule has 2 saturated heterocycles. The summed E-state index contributed by atoms with van der Waals surface area (Å²) >= 11 is 0. The maximum Gasteiger partial charge on any atom is 0.231 e. The van der Waals surface area contributed by atoms with Gasteiger partial charge in [-0.3, -0.25) is 19.7 Å². The third-order valence-corrected chi connectivity index (χ3v) is 4.64. The number of hydrogen-bond donors (Lipinski definition) is 1. The first-order valence-electron chi connectivity index (χ1n) is 7.52. The van der Waals surface area contributed by atoms with Crippen LogP contribution in [0.1, 0.15) is 25.0 Å². The number of primary amides is 1. The molecule has 0 aromatic carbocycles. The van der Waals surface area contributed by atoms with E-state index in [1.54, 1.807) is 12.4 Å². The zero-order chi connectivity index (χ0) is 14.7. The molecule has 2 N–H and O–H groups in total. The molecule has 0 saturated carbocycles. The van der Waals surface area contributed by atoms with Crippen LogP contribution in [0.2, 0.25) is 0 Å². The summed E-state index contributed by atoms with van der Waals surface area (Å²) in [5.74, 6) is -0.242. The van der Waals surface area contributed by atoms with E-state index in [0.717, 1.165) is 51.1 Å². The Kier molecular flexibility index (Phi) is 4.17. The first-order chi connectivity index (χ1) is 10.2. The summed E-state index contributed by atoms with van der Waals surface area (Å²) in [6, 6.07) is 0. The van der Waals surface area contributed by atoms with E-state index in [4.69, 9.17) is 10.5 Å². The predicted molar refractivity (Wildman–Crippen MR) is 77.4 cm³/mol. The van der Waals surface area contributed by atoms with E-state index < -0.39 is 0 Å². The van der Waals surface area contributed by atoms with E-state index in [9.17, 15) is 4.79 Å².